The molecule has 5 rings (SSSR count). The second-order valence-corrected chi connectivity index (χ2v) is 8.61. The highest BCUT2D eigenvalue weighted by Gasteiger charge is 2.25. The predicted octanol–water partition coefficient (Wildman–Crippen LogP) is 1.99. The Bertz CT molecular complexity index is 885. The molecule has 4 heterocycles. The van der Waals surface area contributed by atoms with Crippen molar-refractivity contribution in [3.05, 3.63) is 40.7 Å². The van der Waals surface area contributed by atoms with Crippen LogP contribution in [0.2, 0.25) is 0 Å². The molecule has 0 unspecified atom stereocenters. The van der Waals surface area contributed by atoms with E-state index < -0.39 is 0 Å². The van der Waals surface area contributed by atoms with Crippen molar-refractivity contribution in [1.29, 1.82) is 0 Å². The molecule has 1 atom stereocenters. The highest BCUT2D eigenvalue weighted by Crippen LogP contribution is 2.24. The van der Waals surface area contributed by atoms with Gasteiger partial charge in [-0.25, -0.2) is 9.97 Å². The van der Waals surface area contributed by atoms with Crippen molar-refractivity contribution >= 4 is 5.91 Å². The average Bonchev–Trinajstić information content (AvgIpc) is 3.20. The van der Waals surface area contributed by atoms with Crippen LogP contribution >= 0.6 is 0 Å². The van der Waals surface area contributed by atoms with Gasteiger partial charge < -0.3 is 10.2 Å². The van der Waals surface area contributed by atoms with Gasteiger partial charge in [0, 0.05) is 62.4 Å². The first kappa shape index (κ1) is 18.7. The molecule has 29 heavy (non-hydrogen) atoms. The lowest BCUT2D eigenvalue weighted by Gasteiger charge is -2.29. The number of rotatable bonds is 4. The fourth-order valence-electron chi connectivity index (χ4n) is 4.92. The van der Waals surface area contributed by atoms with Gasteiger partial charge in [-0.15, -0.1) is 0 Å². The first-order valence-electron chi connectivity index (χ1n) is 11.1. The molecule has 7 heteroatoms. The Balaban J connectivity index is 1.20. The lowest BCUT2D eigenvalue weighted by molar-refractivity contribution is -0.132. The van der Waals surface area contributed by atoms with E-state index in [0.29, 0.717) is 25.4 Å². The van der Waals surface area contributed by atoms with Gasteiger partial charge in [0.1, 0.15) is 5.82 Å². The van der Waals surface area contributed by atoms with E-state index in [4.69, 9.17) is 4.98 Å². The number of nitrogens with one attached hydrogen (secondary N) is 1. The van der Waals surface area contributed by atoms with Crippen LogP contribution in [0.3, 0.4) is 0 Å². The van der Waals surface area contributed by atoms with Crippen molar-refractivity contribution in [3.63, 3.8) is 0 Å². The zero-order chi connectivity index (χ0) is 19.6. The van der Waals surface area contributed by atoms with E-state index in [1.807, 2.05) is 17.3 Å². The number of amides is 1. The first-order valence-corrected chi connectivity index (χ1v) is 11.1. The second kappa shape index (κ2) is 8.22. The highest BCUT2D eigenvalue weighted by atomic mass is 16.2. The second-order valence-electron chi connectivity index (χ2n) is 8.61. The van der Waals surface area contributed by atoms with Crippen LogP contribution in [0, 0.1) is 0 Å². The van der Waals surface area contributed by atoms with Crippen LogP contribution < -0.4 is 5.32 Å². The van der Waals surface area contributed by atoms with Crippen molar-refractivity contribution in [2.75, 3.05) is 19.6 Å². The molecular formula is C22H30N6O. The van der Waals surface area contributed by atoms with Crippen LogP contribution in [0.25, 0.3) is 0 Å². The number of hydrogen-bond acceptors (Lipinski definition) is 5. The topological polar surface area (TPSA) is 75.9 Å². The number of carbonyl (C=O) groups excluding carboxylic acids is 1. The van der Waals surface area contributed by atoms with Gasteiger partial charge in [-0.05, 0) is 50.6 Å². The zero-order valence-electron chi connectivity index (χ0n) is 17.1. The van der Waals surface area contributed by atoms with E-state index >= 15 is 0 Å². The normalized spacial score (nSPS) is 21.5. The van der Waals surface area contributed by atoms with Gasteiger partial charge in [0.05, 0.1) is 11.9 Å². The summed E-state index contributed by atoms with van der Waals surface area (Å²) < 4.78 is 2.05. The van der Waals surface area contributed by atoms with Gasteiger partial charge in [-0.1, -0.05) is 0 Å². The number of aryl methyl sites for hydroxylation is 2. The number of aromatic nitrogens is 4. The molecular weight excluding hydrogens is 364 g/mol. The monoisotopic (exact) mass is 394 g/mol. The molecule has 3 aliphatic rings. The summed E-state index contributed by atoms with van der Waals surface area (Å²) in [5.74, 6) is 1.60. The van der Waals surface area contributed by atoms with E-state index in [9.17, 15) is 4.79 Å². The Morgan fingerprint density at radius 2 is 2.07 bits per heavy atom. The third-order valence-electron chi connectivity index (χ3n) is 6.65. The summed E-state index contributed by atoms with van der Waals surface area (Å²) in [7, 11) is 0. The molecule has 0 saturated carbocycles. The Labute approximate surface area is 171 Å². The van der Waals surface area contributed by atoms with E-state index in [-0.39, 0.29) is 5.91 Å². The van der Waals surface area contributed by atoms with Crippen molar-refractivity contribution in [2.45, 2.75) is 70.4 Å². The van der Waals surface area contributed by atoms with Gasteiger partial charge in [0.2, 0.25) is 5.91 Å². The Morgan fingerprint density at radius 3 is 2.97 bits per heavy atom. The first-order chi connectivity index (χ1) is 14.3. The third kappa shape index (κ3) is 3.92. The summed E-state index contributed by atoms with van der Waals surface area (Å²) in [6.07, 6.45) is 12.3. The van der Waals surface area contributed by atoms with Gasteiger partial charge in [0.15, 0.2) is 0 Å². The summed E-state index contributed by atoms with van der Waals surface area (Å²) >= 11 is 0. The predicted molar refractivity (Wildman–Crippen MR) is 109 cm³/mol. The molecule has 1 aliphatic carbocycles. The van der Waals surface area contributed by atoms with Crippen LogP contribution in [-0.4, -0.2) is 50.2 Å². The molecule has 1 N–H and O–H groups in total. The standard InChI is InChI=1S/C22H30N6O/c29-21(8-11-28-20-6-2-1-4-16(20)14-25-28)27-10-7-19-18(15-27)13-24-22(26-19)17-5-3-9-23-12-17/h13-14,17,23H,1-12,15H2/t17-/m1/s1. The van der Waals surface area contributed by atoms with Crippen molar-refractivity contribution in [2.24, 2.45) is 0 Å². The van der Waals surface area contributed by atoms with Crippen LogP contribution in [0.15, 0.2) is 12.4 Å². The smallest absolute Gasteiger partial charge is 0.224 e. The molecule has 0 radical (unpaired) electrons. The number of carbonyl (C=O) groups is 1. The van der Waals surface area contributed by atoms with Gasteiger partial charge in [-0.3, -0.25) is 9.48 Å². The molecule has 2 aliphatic heterocycles. The fraction of sp³-hybridized carbons (Fsp3) is 0.636. The molecule has 1 fully saturated rings. The maximum Gasteiger partial charge on any atom is 0.224 e. The minimum Gasteiger partial charge on any atom is -0.338 e. The quantitative estimate of drug-likeness (QED) is 0.858. The number of fused-ring (bicyclic) bond motifs is 2. The molecule has 1 amide bonds. The zero-order valence-corrected chi connectivity index (χ0v) is 17.1. The molecule has 0 bridgehead atoms. The minimum atomic E-state index is 0.205. The van der Waals surface area contributed by atoms with E-state index in [1.54, 1.807) is 0 Å². The molecule has 7 nitrogen and oxygen atoms in total. The SMILES string of the molecule is O=C(CCn1ncc2c1CCCC2)N1CCc2nc([C@@H]3CCCNC3)ncc2C1. The fourth-order valence-corrected chi connectivity index (χ4v) is 4.92. The summed E-state index contributed by atoms with van der Waals surface area (Å²) in [6.45, 7) is 4.14. The van der Waals surface area contributed by atoms with Crippen LogP contribution in [-0.2, 0) is 37.1 Å². The molecule has 2 aromatic heterocycles. The summed E-state index contributed by atoms with van der Waals surface area (Å²) in [6, 6.07) is 0. The van der Waals surface area contributed by atoms with E-state index in [2.05, 4.69) is 20.1 Å². The Hall–Kier alpha value is -2.28. The lowest BCUT2D eigenvalue weighted by Crippen LogP contribution is -2.37. The third-order valence-corrected chi connectivity index (χ3v) is 6.65. The van der Waals surface area contributed by atoms with E-state index in [0.717, 1.165) is 62.4 Å². The molecule has 2 aromatic rings. The largest absolute Gasteiger partial charge is 0.338 e. The molecule has 0 aromatic carbocycles. The molecule has 154 valence electrons. The van der Waals surface area contributed by atoms with Crippen molar-refractivity contribution < 1.29 is 4.79 Å². The maximum absolute atomic E-state index is 12.8. The van der Waals surface area contributed by atoms with Crippen LogP contribution in [0.1, 0.15) is 66.4 Å². The van der Waals surface area contributed by atoms with Gasteiger partial charge >= 0.3 is 0 Å². The van der Waals surface area contributed by atoms with Crippen LogP contribution in [0.5, 0.6) is 0 Å². The summed E-state index contributed by atoms with van der Waals surface area (Å²) in [4.78, 5) is 24.3. The van der Waals surface area contributed by atoms with Crippen LogP contribution in [0.4, 0.5) is 0 Å². The number of piperidine rings is 1. The van der Waals surface area contributed by atoms with Gasteiger partial charge in [0.25, 0.3) is 0 Å². The number of nitrogens with zero attached hydrogens (tertiary/aromatic N) is 5. The maximum atomic E-state index is 12.8. The number of hydrogen-bond donors (Lipinski definition) is 1. The summed E-state index contributed by atoms with van der Waals surface area (Å²) in [5, 5.41) is 7.97. The lowest BCUT2D eigenvalue weighted by atomic mass is 9.98. The molecule has 0 spiro atoms. The Morgan fingerprint density at radius 1 is 1.14 bits per heavy atom. The van der Waals surface area contributed by atoms with Gasteiger partial charge in [-0.2, -0.15) is 5.10 Å². The summed E-state index contributed by atoms with van der Waals surface area (Å²) in [5.41, 5.74) is 4.95. The van der Waals surface area contributed by atoms with Crippen molar-refractivity contribution in [1.82, 2.24) is 30.0 Å². The molecule has 1 saturated heterocycles. The van der Waals surface area contributed by atoms with Crippen molar-refractivity contribution in [3.8, 4) is 0 Å². The average molecular weight is 395 g/mol. The Kier molecular flexibility index (Phi) is 5.31. The minimum absolute atomic E-state index is 0.205. The highest BCUT2D eigenvalue weighted by molar-refractivity contribution is 5.76. The van der Waals surface area contributed by atoms with E-state index in [1.165, 1.54) is 30.5 Å².